The Morgan fingerprint density at radius 2 is 1.86 bits per heavy atom. The number of primary amides is 1. The molecule has 0 aromatic carbocycles. The molecule has 156 valence electrons. The summed E-state index contributed by atoms with van der Waals surface area (Å²) in [4.78, 5) is 76.7. The average molecular weight is 404 g/mol. The second kappa shape index (κ2) is 7.07. The lowest BCUT2D eigenvalue weighted by Gasteiger charge is -2.52. The number of nitrogens with zero attached hydrogens (tertiary/aromatic N) is 1. The van der Waals surface area contributed by atoms with Crippen molar-refractivity contribution >= 4 is 35.3 Å². The minimum absolute atomic E-state index is 0.0556. The summed E-state index contributed by atoms with van der Waals surface area (Å²) >= 11 is 0. The molecule has 0 aromatic heterocycles. The highest BCUT2D eigenvalue weighted by Gasteiger charge is 2.69. The summed E-state index contributed by atoms with van der Waals surface area (Å²) in [6.07, 6.45) is 1.20. The second-order valence-electron chi connectivity index (χ2n) is 8.28. The van der Waals surface area contributed by atoms with Crippen LogP contribution in [0.15, 0.2) is 11.1 Å². The summed E-state index contributed by atoms with van der Waals surface area (Å²) in [6, 6.07) is -1.09. The van der Waals surface area contributed by atoms with Gasteiger partial charge in [0, 0.05) is 5.92 Å². The number of amides is 1. The average Bonchev–Trinajstić information content (AvgIpc) is 2.63. The van der Waals surface area contributed by atoms with Gasteiger partial charge in [0.25, 0.3) is 0 Å². The number of fused-ring (bicyclic) bond motifs is 2. The zero-order valence-corrected chi connectivity index (χ0v) is 16.5. The summed E-state index contributed by atoms with van der Waals surface area (Å²) in [5.41, 5.74) is 3.07. The van der Waals surface area contributed by atoms with Gasteiger partial charge < -0.3 is 10.8 Å². The molecule has 0 aliphatic heterocycles. The van der Waals surface area contributed by atoms with E-state index in [-0.39, 0.29) is 12.0 Å². The lowest BCUT2D eigenvalue weighted by Crippen LogP contribution is -2.74. The Kier molecular flexibility index (Phi) is 5.17. The van der Waals surface area contributed by atoms with Crippen LogP contribution in [0.3, 0.4) is 0 Å². The molecule has 0 heterocycles. The molecule has 0 bridgehead atoms. The highest BCUT2D eigenvalue weighted by molar-refractivity contribution is 6.33. The molecule has 2 fully saturated rings. The summed E-state index contributed by atoms with van der Waals surface area (Å²) in [5, 5.41) is 11.3. The van der Waals surface area contributed by atoms with Crippen LogP contribution in [0.4, 0.5) is 0 Å². The highest BCUT2D eigenvalue weighted by atomic mass is 16.3. The third kappa shape index (κ3) is 2.75. The highest BCUT2D eigenvalue weighted by Crippen LogP contribution is 2.50. The van der Waals surface area contributed by atoms with Gasteiger partial charge in [-0.2, -0.15) is 0 Å². The van der Waals surface area contributed by atoms with Crippen LogP contribution in [-0.4, -0.2) is 71.1 Å². The number of allylic oxidation sites excluding steroid dienone is 2. The van der Waals surface area contributed by atoms with Crippen molar-refractivity contribution in [2.24, 2.45) is 29.4 Å². The van der Waals surface area contributed by atoms with Crippen LogP contribution < -0.4 is 5.73 Å². The predicted molar refractivity (Wildman–Crippen MR) is 98.2 cm³/mol. The monoisotopic (exact) mass is 404 g/mol. The molecule has 5 unspecified atom stereocenters. The number of hydrogen-bond donors (Lipinski definition) is 2. The van der Waals surface area contributed by atoms with Gasteiger partial charge in [-0.25, -0.2) is 0 Å². The van der Waals surface area contributed by atoms with Gasteiger partial charge in [0.05, 0.1) is 17.5 Å². The van der Waals surface area contributed by atoms with Crippen molar-refractivity contribution in [1.82, 2.24) is 4.90 Å². The van der Waals surface area contributed by atoms with E-state index >= 15 is 0 Å². The number of rotatable bonds is 4. The molecule has 9 heteroatoms. The van der Waals surface area contributed by atoms with Crippen LogP contribution in [0.5, 0.6) is 0 Å². The van der Waals surface area contributed by atoms with E-state index < -0.39 is 64.4 Å². The Morgan fingerprint density at radius 3 is 2.34 bits per heavy atom. The molecular formula is C20H24N2O7. The van der Waals surface area contributed by atoms with Crippen molar-refractivity contribution in [3.8, 4) is 0 Å². The van der Waals surface area contributed by atoms with E-state index in [1.807, 2.05) is 0 Å². The van der Waals surface area contributed by atoms with E-state index in [0.29, 0.717) is 24.7 Å². The fourth-order valence-electron chi connectivity index (χ4n) is 5.31. The van der Waals surface area contributed by atoms with E-state index in [0.717, 1.165) is 0 Å². The topological polar surface area (TPSA) is 152 Å². The number of Topliss-reactive ketones (excluding diaryl/α,β-unsaturated/α-hetero) is 4. The fourth-order valence-corrected chi connectivity index (χ4v) is 5.31. The molecule has 0 radical (unpaired) electrons. The lowest BCUT2D eigenvalue weighted by atomic mass is 9.52. The molecule has 2 saturated carbocycles. The Hall–Kier alpha value is -2.52. The molecule has 3 aliphatic rings. The van der Waals surface area contributed by atoms with E-state index in [2.05, 4.69) is 0 Å². The molecule has 9 nitrogen and oxygen atoms in total. The zero-order chi connectivity index (χ0) is 21.8. The molecular weight excluding hydrogens is 380 g/mol. The summed E-state index contributed by atoms with van der Waals surface area (Å²) < 4.78 is 0. The summed E-state index contributed by atoms with van der Waals surface area (Å²) in [7, 11) is 3.09. The van der Waals surface area contributed by atoms with Crippen LogP contribution in [0.25, 0.3) is 0 Å². The lowest BCUT2D eigenvalue weighted by molar-refractivity contribution is -0.183. The molecule has 29 heavy (non-hydrogen) atoms. The van der Waals surface area contributed by atoms with E-state index in [1.54, 1.807) is 21.0 Å². The van der Waals surface area contributed by atoms with Crippen LogP contribution in [0, 0.1) is 23.7 Å². The Morgan fingerprint density at radius 1 is 1.24 bits per heavy atom. The van der Waals surface area contributed by atoms with Crippen LogP contribution in [-0.2, 0) is 28.8 Å². The largest absolute Gasteiger partial charge is 0.374 e. The van der Waals surface area contributed by atoms with Crippen LogP contribution >= 0.6 is 0 Å². The first-order valence-corrected chi connectivity index (χ1v) is 9.54. The summed E-state index contributed by atoms with van der Waals surface area (Å²) in [5.74, 6) is -10.00. The number of nitrogens with two attached hydrogens (primary N) is 1. The van der Waals surface area contributed by atoms with Crippen LogP contribution in [0.2, 0.25) is 0 Å². The van der Waals surface area contributed by atoms with Crippen LogP contribution in [0.1, 0.15) is 26.2 Å². The first-order valence-electron chi connectivity index (χ1n) is 9.54. The quantitative estimate of drug-likeness (QED) is 0.330. The molecule has 0 spiro atoms. The molecule has 0 aromatic rings. The number of aliphatic hydroxyl groups is 1. The molecule has 3 rings (SSSR count). The first kappa shape index (κ1) is 21.2. The fraction of sp³-hybridized carbons (Fsp3) is 0.600. The maximum absolute atomic E-state index is 13.3. The van der Waals surface area contributed by atoms with Gasteiger partial charge in [0.2, 0.25) is 5.91 Å². The minimum atomic E-state index is -2.68. The van der Waals surface area contributed by atoms with Crippen molar-refractivity contribution in [3.05, 3.63) is 11.1 Å². The number of carbonyl (C=O) groups excluding carboxylic acids is 6. The predicted octanol–water partition coefficient (Wildman–Crippen LogP) is -1.40. The van der Waals surface area contributed by atoms with Crippen molar-refractivity contribution in [2.75, 3.05) is 14.1 Å². The SMILES string of the molecule is CCC1=C(C=O)C(=O)C2C(=O)[C@]3(O)C(=O)C(C(N)=O)C(=O)C(N(C)C)C3CC2C1. The van der Waals surface area contributed by atoms with Crippen molar-refractivity contribution < 1.29 is 33.9 Å². The Bertz CT molecular complexity index is 874. The van der Waals surface area contributed by atoms with E-state index in [4.69, 9.17) is 5.73 Å². The second-order valence-corrected chi connectivity index (χ2v) is 8.28. The molecule has 6 atom stereocenters. The van der Waals surface area contributed by atoms with Gasteiger partial charge in [-0.05, 0) is 39.3 Å². The number of likely N-dealkylation sites (N-methyl/N-ethyl adjacent to an activating group) is 1. The van der Waals surface area contributed by atoms with Gasteiger partial charge in [0.15, 0.2) is 40.9 Å². The minimum Gasteiger partial charge on any atom is -0.374 e. The van der Waals surface area contributed by atoms with Gasteiger partial charge in [-0.1, -0.05) is 12.5 Å². The molecule has 0 saturated heterocycles. The van der Waals surface area contributed by atoms with E-state index in [9.17, 15) is 33.9 Å². The van der Waals surface area contributed by atoms with Gasteiger partial charge in [-0.3, -0.25) is 33.7 Å². The number of ketones is 4. The molecule has 1 amide bonds. The molecule has 3 N–H and O–H groups in total. The number of aldehydes is 1. The summed E-state index contributed by atoms with van der Waals surface area (Å²) in [6.45, 7) is 1.79. The maximum atomic E-state index is 13.3. The van der Waals surface area contributed by atoms with Gasteiger partial charge in [-0.15, -0.1) is 0 Å². The Balaban J connectivity index is 2.17. The Labute approximate surface area is 167 Å². The standard InChI is InChI=1S/C20H24N2O7/c1-4-8-5-9-6-11-14(22(2)3)16(25)13(19(21)28)18(27)20(11,29)17(26)12(9)15(24)10(8)7-23/h7,9,11-14,29H,4-6H2,1-3H3,(H2,21,28)/t9?,11?,12?,13?,14?,20-/m0/s1. The normalized spacial score (nSPS) is 37.5. The third-order valence-corrected chi connectivity index (χ3v) is 6.64. The third-order valence-electron chi connectivity index (χ3n) is 6.64. The van der Waals surface area contributed by atoms with Crippen molar-refractivity contribution in [3.63, 3.8) is 0 Å². The molecule has 3 aliphatic carbocycles. The number of carbonyl (C=O) groups is 6. The maximum Gasteiger partial charge on any atom is 0.235 e. The van der Waals surface area contributed by atoms with E-state index in [1.165, 1.54) is 4.90 Å². The van der Waals surface area contributed by atoms with Crippen molar-refractivity contribution in [2.45, 2.75) is 37.8 Å². The zero-order valence-electron chi connectivity index (χ0n) is 16.5. The smallest absolute Gasteiger partial charge is 0.235 e. The number of hydrogen-bond acceptors (Lipinski definition) is 8. The van der Waals surface area contributed by atoms with Gasteiger partial charge >= 0.3 is 0 Å². The van der Waals surface area contributed by atoms with Crippen molar-refractivity contribution in [1.29, 1.82) is 0 Å². The van der Waals surface area contributed by atoms with Gasteiger partial charge in [0.1, 0.15) is 0 Å². The first-order chi connectivity index (χ1) is 13.5.